The number of ether oxygens (including phenoxy) is 2. The number of likely N-dealkylation sites (tertiary alicyclic amines) is 1. The summed E-state index contributed by atoms with van der Waals surface area (Å²) in [5.41, 5.74) is 0.400. The molecule has 1 atom stereocenters. The van der Waals surface area contributed by atoms with Gasteiger partial charge in [0.05, 0.1) is 17.9 Å². The first kappa shape index (κ1) is 35.9. The van der Waals surface area contributed by atoms with Gasteiger partial charge in [-0.25, -0.2) is 14.4 Å². The Kier molecular flexibility index (Phi) is 11.1. The maximum absolute atomic E-state index is 14.3. The van der Waals surface area contributed by atoms with E-state index in [0.29, 0.717) is 37.1 Å². The van der Waals surface area contributed by atoms with E-state index >= 15 is 0 Å². The minimum atomic E-state index is -3.47. The second kappa shape index (κ2) is 15.1. The quantitative estimate of drug-likeness (QED) is 0.346. The van der Waals surface area contributed by atoms with E-state index < -0.39 is 16.0 Å². The van der Waals surface area contributed by atoms with Crippen molar-refractivity contribution in [3.05, 3.63) is 42.1 Å². The zero-order valence-corrected chi connectivity index (χ0v) is 30.1. The molecule has 1 aromatic heterocycles. The first-order chi connectivity index (χ1) is 23.5. The number of rotatable bonds is 12. The summed E-state index contributed by atoms with van der Waals surface area (Å²) in [6.45, 7) is 12.1. The lowest BCUT2D eigenvalue weighted by molar-refractivity contribution is 0.0617. The van der Waals surface area contributed by atoms with E-state index in [0.717, 1.165) is 77.7 Å². The Morgan fingerprint density at radius 2 is 1.84 bits per heavy atom. The Bertz CT molecular complexity index is 1560. The minimum Gasteiger partial charge on any atom is -0.451 e. The number of amides is 1. The van der Waals surface area contributed by atoms with Gasteiger partial charge >= 0.3 is 0 Å². The summed E-state index contributed by atoms with van der Waals surface area (Å²) < 4.78 is 56.1. The SMILES string of the molecule is CCN(C(=O)c1cc(F)ccc1Oc1cncnc1N1CC2(CCN(CC3CCC(NS(=O)(=O)N4CCC(OC)C4)CC3)CC2)C1)C(C)C. The van der Waals surface area contributed by atoms with Crippen molar-refractivity contribution in [1.29, 1.82) is 0 Å². The van der Waals surface area contributed by atoms with Crippen molar-refractivity contribution in [3.63, 3.8) is 0 Å². The number of carbonyl (C=O) groups excluding carboxylic acids is 1. The van der Waals surface area contributed by atoms with Crippen molar-refractivity contribution in [1.82, 2.24) is 28.8 Å². The summed E-state index contributed by atoms with van der Waals surface area (Å²) >= 11 is 0. The molecule has 4 aliphatic rings. The Morgan fingerprint density at radius 3 is 2.49 bits per heavy atom. The highest BCUT2D eigenvalue weighted by atomic mass is 32.2. The summed E-state index contributed by atoms with van der Waals surface area (Å²) in [5, 5.41) is 0. The van der Waals surface area contributed by atoms with Gasteiger partial charge in [0.2, 0.25) is 0 Å². The molecule has 1 unspecified atom stereocenters. The molecule has 3 aliphatic heterocycles. The van der Waals surface area contributed by atoms with Gasteiger partial charge in [-0.05, 0) is 103 Å². The summed E-state index contributed by atoms with van der Waals surface area (Å²) in [7, 11) is -1.83. The molecule has 49 heavy (non-hydrogen) atoms. The molecule has 1 aliphatic carbocycles. The van der Waals surface area contributed by atoms with E-state index in [2.05, 4.69) is 24.5 Å². The smallest absolute Gasteiger partial charge is 0.279 e. The standard InChI is InChI=1S/C35H52FN7O5S/c1-5-43(25(2)3)34(44)30-18-27(36)8-11-31(30)48-32-19-37-24-38-33(32)41-22-35(23-41)13-16-40(17-14-35)20-26-6-9-28(10-7-26)39-49(45,46)42-15-12-29(21-42)47-4/h8,11,18-19,24-26,28-29,39H,5-7,9-10,12-17,20-23H2,1-4H3. The van der Waals surface area contributed by atoms with Crippen LogP contribution in [0.2, 0.25) is 0 Å². The number of anilines is 1. The maximum atomic E-state index is 14.3. The molecule has 4 heterocycles. The highest BCUT2D eigenvalue weighted by Gasteiger charge is 2.46. The molecule has 14 heteroatoms. The van der Waals surface area contributed by atoms with Crippen LogP contribution < -0.4 is 14.4 Å². The van der Waals surface area contributed by atoms with E-state index in [1.807, 2.05) is 20.8 Å². The minimum absolute atomic E-state index is 0.00491. The maximum Gasteiger partial charge on any atom is 0.279 e. The van der Waals surface area contributed by atoms with Crippen LogP contribution in [0.3, 0.4) is 0 Å². The number of piperidine rings is 1. The van der Waals surface area contributed by atoms with E-state index in [1.54, 1.807) is 18.2 Å². The van der Waals surface area contributed by atoms with Gasteiger partial charge < -0.3 is 24.2 Å². The number of nitrogens with one attached hydrogen (secondary N) is 1. The Morgan fingerprint density at radius 1 is 1.10 bits per heavy atom. The van der Waals surface area contributed by atoms with E-state index in [9.17, 15) is 17.6 Å². The van der Waals surface area contributed by atoms with Crippen LogP contribution in [0.4, 0.5) is 10.2 Å². The van der Waals surface area contributed by atoms with Gasteiger partial charge in [-0.2, -0.15) is 17.4 Å². The second-order valence-electron chi connectivity index (χ2n) is 14.6. The van der Waals surface area contributed by atoms with Crippen LogP contribution in [0.25, 0.3) is 0 Å². The average molecular weight is 702 g/mol. The number of hydrogen-bond donors (Lipinski definition) is 1. The molecular weight excluding hydrogens is 649 g/mol. The fourth-order valence-corrected chi connectivity index (χ4v) is 9.57. The van der Waals surface area contributed by atoms with E-state index in [1.165, 1.54) is 28.8 Å². The van der Waals surface area contributed by atoms with Gasteiger partial charge in [-0.15, -0.1) is 0 Å². The summed E-state index contributed by atoms with van der Waals surface area (Å²) in [4.78, 5) is 28.6. The number of methoxy groups -OCH3 is 1. The Labute approximate surface area is 290 Å². The molecule has 3 saturated heterocycles. The van der Waals surface area contributed by atoms with Crippen LogP contribution in [-0.2, 0) is 14.9 Å². The van der Waals surface area contributed by atoms with Gasteiger partial charge in [0, 0.05) is 63.9 Å². The van der Waals surface area contributed by atoms with Crippen molar-refractivity contribution < 1.29 is 27.1 Å². The third-order valence-corrected chi connectivity index (χ3v) is 12.6. The first-order valence-corrected chi connectivity index (χ1v) is 19.3. The molecule has 2 aromatic rings. The molecule has 1 aromatic carbocycles. The van der Waals surface area contributed by atoms with E-state index in [-0.39, 0.29) is 40.8 Å². The molecule has 0 radical (unpaired) electrons. The summed E-state index contributed by atoms with van der Waals surface area (Å²) in [6, 6.07) is 4.00. The summed E-state index contributed by atoms with van der Waals surface area (Å²) in [6.07, 6.45) is 9.89. The van der Waals surface area contributed by atoms with Crippen LogP contribution in [-0.4, -0.2) is 116 Å². The largest absolute Gasteiger partial charge is 0.451 e. The molecule has 4 fully saturated rings. The van der Waals surface area contributed by atoms with Gasteiger partial charge in [0.15, 0.2) is 11.6 Å². The molecule has 1 amide bonds. The molecule has 1 saturated carbocycles. The highest BCUT2D eigenvalue weighted by Crippen LogP contribution is 2.45. The highest BCUT2D eigenvalue weighted by molar-refractivity contribution is 7.87. The third kappa shape index (κ3) is 8.19. The number of nitrogens with zero attached hydrogens (tertiary/aromatic N) is 6. The van der Waals surface area contributed by atoms with Gasteiger partial charge in [0.25, 0.3) is 16.1 Å². The molecule has 1 N–H and O–H groups in total. The number of aromatic nitrogens is 2. The van der Waals surface area contributed by atoms with Gasteiger partial charge in [-0.1, -0.05) is 0 Å². The zero-order valence-electron chi connectivity index (χ0n) is 29.3. The fourth-order valence-electron chi connectivity index (χ4n) is 8.06. The van der Waals surface area contributed by atoms with Crippen LogP contribution >= 0.6 is 0 Å². The topological polar surface area (TPSA) is 120 Å². The lowest BCUT2D eigenvalue weighted by Crippen LogP contribution is -2.61. The lowest BCUT2D eigenvalue weighted by atomic mass is 9.71. The Balaban J connectivity index is 0.984. The molecular formula is C35H52FN7O5S. The predicted octanol–water partition coefficient (Wildman–Crippen LogP) is 4.29. The predicted molar refractivity (Wildman–Crippen MR) is 185 cm³/mol. The van der Waals surface area contributed by atoms with Crippen molar-refractivity contribution in [2.75, 3.05) is 64.4 Å². The normalized spacial score (nSPS) is 24.7. The molecule has 12 nitrogen and oxygen atoms in total. The number of halogens is 1. The molecule has 6 rings (SSSR count). The van der Waals surface area contributed by atoms with Crippen LogP contribution in [0.1, 0.15) is 76.1 Å². The van der Waals surface area contributed by atoms with Crippen molar-refractivity contribution in [3.8, 4) is 11.5 Å². The van der Waals surface area contributed by atoms with Crippen LogP contribution in [0, 0.1) is 17.2 Å². The molecule has 270 valence electrons. The summed E-state index contributed by atoms with van der Waals surface area (Å²) in [5.74, 6) is 1.22. The number of benzene rings is 1. The second-order valence-corrected chi connectivity index (χ2v) is 16.3. The lowest BCUT2D eigenvalue weighted by Gasteiger charge is -2.54. The third-order valence-electron chi connectivity index (χ3n) is 11.0. The molecule has 0 bridgehead atoms. The van der Waals surface area contributed by atoms with Crippen LogP contribution in [0.5, 0.6) is 11.5 Å². The zero-order chi connectivity index (χ0) is 34.8. The fraction of sp³-hybridized carbons (Fsp3) is 0.686. The Hall–Kier alpha value is -2.91. The van der Waals surface area contributed by atoms with Gasteiger partial charge in [-0.3, -0.25) is 4.79 Å². The van der Waals surface area contributed by atoms with Crippen molar-refractivity contribution in [2.24, 2.45) is 11.3 Å². The monoisotopic (exact) mass is 701 g/mol. The molecule has 1 spiro atoms. The van der Waals surface area contributed by atoms with E-state index in [4.69, 9.17) is 9.47 Å². The van der Waals surface area contributed by atoms with Gasteiger partial charge in [0.1, 0.15) is 17.9 Å². The van der Waals surface area contributed by atoms with Crippen LogP contribution in [0.15, 0.2) is 30.7 Å². The average Bonchev–Trinajstić information content (AvgIpc) is 3.57. The first-order valence-electron chi connectivity index (χ1n) is 17.8. The number of hydrogen-bond acceptors (Lipinski definition) is 9. The number of carbonyl (C=O) groups is 1. The van der Waals surface area contributed by atoms with Crippen molar-refractivity contribution >= 4 is 21.9 Å². The van der Waals surface area contributed by atoms with Crippen molar-refractivity contribution in [2.45, 2.75) is 83.9 Å².